The predicted molar refractivity (Wildman–Crippen MR) is 93.5 cm³/mol. The summed E-state index contributed by atoms with van der Waals surface area (Å²) in [6, 6.07) is 12.4. The lowest BCUT2D eigenvalue weighted by Crippen LogP contribution is -2.16. The van der Waals surface area contributed by atoms with Gasteiger partial charge in [0.05, 0.1) is 11.2 Å². The van der Waals surface area contributed by atoms with E-state index >= 15 is 0 Å². The van der Waals surface area contributed by atoms with Gasteiger partial charge in [-0.3, -0.25) is 10.8 Å². The molecule has 0 spiro atoms. The van der Waals surface area contributed by atoms with E-state index in [2.05, 4.69) is 60.3 Å². The van der Waals surface area contributed by atoms with E-state index in [1.54, 1.807) is 0 Å². The van der Waals surface area contributed by atoms with Crippen molar-refractivity contribution in [2.45, 2.75) is 26.2 Å². The van der Waals surface area contributed by atoms with Crippen LogP contribution in [0, 0.1) is 0 Å². The van der Waals surface area contributed by atoms with Gasteiger partial charge in [-0.2, -0.15) is 0 Å². The van der Waals surface area contributed by atoms with Gasteiger partial charge >= 0.3 is 0 Å². The summed E-state index contributed by atoms with van der Waals surface area (Å²) < 4.78 is 1.05. The summed E-state index contributed by atoms with van der Waals surface area (Å²) in [4.78, 5) is 4.91. The first-order chi connectivity index (χ1) is 9.91. The Morgan fingerprint density at radius 1 is 1.05 bits per heavy atom. The summed E-state index contributed by atoms with van der Waals surface area (Å²) in [6.07, 6.45) is 0. The van der Waals surface area contributed by atoms with Crippen molar-refractivity contribution in [3.63, 3.8) is 0 Å². The van der Waals surface area contributed by atoms with E-state index < -0.39 is 0 Å². The van der Waals surface area contributed by atoms with Crippen LogP contribution in [0.2, 0.25) is 0 Å². The molecule has 3 aromatic rings. The molecular formula is C17H18BrN3. The molecule has 0 atom stereocenters. The fourth-order valence-electron chi connectivity index (χ4n) is 2.51. The smallest absolute Gasteiger partial charge is 0.0805 e. The number of hydrogen-bond donors (Lipinski definition) is 2. The van der Waals surface area contributed by atoms with Gasteiger partial charge in [-0.05, 0) is 17.5 Å². The number of hydrogen-bond acceptors (Lipinski definition) is 3. The summed E-state index contributed by atoms with van der Waals surface area (Å²) in [6.45, 7) is 6.47. The highest BCUT2D eigenvalue weighted by atomic mass is 79.9. The number of fused-ring (bicyclic) bond motifs is 3. The molecule has 4 heteroatoms. The molecular weight excluding hydrogens is 326 g/mol. The van der Waals surface area contributed by atoms with Gasteiger partial charge < -0.3 is 5.43 Å². The predicted octanol–water partition coefficient (Wildman–Crippen LogP) is 4.73. The van der Waals surface area contributed by atoms with E-state index in [0.29, 0.717) is 0 Å². The van der Waals surface area contributed by atoms with Gasteiger partial charge in [0, 0.05) is 26.4 Å². The zero-order valence-corrected chi connectivity index (χ0v) is 14.0. The second kappa shape index (κ2) is 4.97. The van der Waals surface area contributed by atoms with Crippen LogP contribution in [-0.4, -0.2) is 4.98 Å². The van der Waals surface area contributed by atoms with Crippen LogP contribution >= 0.6 is 15.9 Å². The molecule has 0 bridgehead atoms. The Kier molecular flexibility index (Phi) is 3.38. The summed E-state index contributed by atoms with van der Waals surface area (Å²) in [5, 5.41) is 3.31. The first-order valence-electron chi connectivity index (χ1n) is 6.91. The summed E-state index contributed by atoms with van der Waals surface area (Å²) in [5.41, 5.74) is 5.68. The SMILES string of the molecule is CC(C)(C)c1cc(NN)c2cc(Br)c3ccccc3c2n1. The third-order valence-corrected chi connectivity index (χ3v) is 4.35. The Morgan fingerprint density at radius 3 is 2.33 bits per heavy atom. The van der Waals surface area contributed by atoms with Crippen LogP contribution in [0.4, 0.5) is 5.69 Å². The topological polar surface area (TPSA) is 50.9 Å². The molecule has 0 unspecified atom stereocenters. The Labute approximate surface area is 132 Å². The molecule has 3 rings (SSSR count). The van der Waals surface area contributed by atoms with Crippen LogP contribution in [0.3, 0.4) is 0 Å². The van der Waals surface area contributed by atoms with E-state index in [0.717, 1.165) is 37.5 Å². The highest BCUT2D eigenvalue weighted by molar-refractivity contribution is 9.10. The number of rotatable bonds is 1. The first-order valence-corrected chi connectivity index (χ1v) is 7.70. The van der Waals surface area contributed by atoms with Crippen molar-refractivity contribution < 1.29 is 0 Å². The number of nitrogens with zero attached hydrogens (tertiary/aromatic N) is 1. The van der Waals surface area contributed by atoms with Gasteiger partial charge in [0.25, 0.3) is 0 Å². The lowest BCUT2D eigenvalue weighted by molar-refractivity contribution is 0.572. The van der Waals surface area contributed by atoms with Crippen LogP contribution < -0.4 is 11.3 Å². The largest absolute Gasteiger partial charge is 0.323 e. The maximum absolute atomic E-state index is 5.73. The van der Waals surface area contributed by atoms with Crippen molar-refractivity contribution in [3.8, 4) is 0 Å². The van der Waals surface area contributed by atoms with Gasteiger partial charge in [-0.15, -0.1) is 0 Å². The second-order valence-corrected chi connectivity index (χ2v) is 7.10. The fraction of sp³-hybridized carbons (Fsp3) is 0.235. The monoisotopic (exact) mass is 343 g/mol. The molecule has 0 aliphatic heterocycles. The second-order valence-electron chi connectivity index (χ2n) is 6.25. The molecule has 0 radical (unpaired) electrons. The van der Waals surface area contributed by atoms with Crippen molar-refractivity contribution in [3.05, 3.63) is 46.6 Å². The molecule has 1 heterocycles. The van der Waals surface area contributed by atoms with Crippen molar-refractivity contribution in [1.82, 2.24) is 4.98 Å². The minimum absolute atomic E-state index is 0.0338. The molecule has 0 amide bonds. The summed E-state index contributed by atoms with van der Waals surface area (Å²) in [5.74, 6) is 5.73. The maximum Gasteiger partial charge on any atom is 0.0805 e. The number of aromatic nitrogens is 1. The third kappa shape index (κ3) is 2.39. The van der Waals surface area contributed by atoms with Gasteiger partial charge in [-0.1, -0.05) is 61.0 Å². The Bertz CT molecular complexity index is 835. The average molecular weight is 344 g/mol. The zero-order valence-electron chi connectivity index (χ0n) is 12.4. The molecule has 0 saturated carbocycles. The number of nitrogens with one attached hydrogen (secondary N) is 1. The van der Waals surface area contributed by atoms with Gasteiger partial charge in [0.1, 0.15) is 0 Å². The van der Waals surface area contributed by atoms with Crippen LogP contribution in [0.15, 0.2) is 40.9 Å². The molecule has 3 N–H and O–H groups in total. The van der Waals surface area contributed by atoms with E-state index in [1.807, 2.05) is 18.2 Å². The maximum atomic E-state index is 5.73. The minimum atomic E-state index is -0.0338. The molecule has 3 nitrogen and oxygen atoms in total. The van der Waals surface area contributed by atoms with E-state index in [1.165, 1.54) is 0 Å². The Morgan fingerprint density at radius 2 is 1.71 bits per heavy atom. The Balaban J connectivity index is 2.51. The van der Waals surface area contributed by atoms with Crippen molar-refractivity contribution >= 4 is 43.3 Å². The number of nitrogens with two attached hydrogens (primary N) is 1. The zero-order chi connectivity index (χ0) is 15.2. The van der Waals surface area contributed by atoms with E-state index in [4.69, 9.17) is 10.8 Å². The molecule has 0 saturated heterocycles. The van der Waals surface area contributed by atoms with E-state index in [9.17, 15) is 0 Å². The quantitative estimate of drug-likeness (QED) is 0.381. The fourth-order valence-corrected chi connectivity index (χ4v) is 3.09. The van der Waals surface area contributed by atoms with E-state index in [-0.39, 0.29) is 5.41 Å². The molecule has 21 heavy (non-hydrogen) atoms. The molecule has 0 aliphatic rings. The molecule has 0 aliphatic carbocycles. The first kappa shape index (κ1) is 14.3. The number of halogens is 1. The minimum Gasteiger partial charge on any atom is -0.323 e. The summed E-state index contributed by atoms with van der Waals surface area (Å²) in [7, 11) is 0. The van der Waals surface area contributed by atoms with Crippen molar-refractivity contribution in [1.29, 1.82) is 0 Å². The van der Waals surface area contributed by atoms with Gasteiger partial charge in [-0.25, -0.2) is 0 Å². The number of pyridine rings is 1. The molecule has 0 fully saturated rings. The number of benzene rings is 2. The van der Waals surface area contributed by atoms with Crippen LogP contribution in [-0.2, 0) is 5.41 Å². The third-order valence-electron chi connectivity index (χ3n) is 3.69. The van der Waals surface area contributed by atoms with Gasteiger partial charge in [0.15, 0.2) is 0 Å². The lowest BCUT2D eigenvalue weighted by Gasteiger charge is -2.20. The van der Waals surface area contributed by atoms with Crippen LogP contribution in [0.5, 0.6) is 0 Å². The molecule has 1 aromatic heterocycles. The standard InChI is InChI=1S/C17H18BrN3/c1-17(2,3)15-9-14(21-19)12-8-13(18)10-6-4-5-7-11(10)16(12)20-15/h4-9H,19H2,1-3H3,(H,20,21). The molecule has 108 valence electrons. The van der Waals surface area contributed by atoms with Gasteiger partial charge in [0.2, 0.25) is 0 Å². The normalized spacial score (nSPS) is 12.0. The highest BCUT2D eigenvalue weighted by Crippen LogP contribution is 2.36. The van der Waals surface area contributed by atoms with Crippen molar-refractivity contribution in [2.75, 3.05) is 5.43 Å². The number of hydrazine groups is 1. The van der Waals surface area contributed by atoms with Crippen LogP contribution in [0.1, 0.15) is 26.5 Å². The molecule has 2 aromatic carbocycles. The summed E-state index contributed by atoms with van der Waals surface area (Å²) >= 11 is 3.64. The van der Waals surface area contributed by atoms with Crippen molar-refractivity contribution in [2.24, 2.45) is 5.84 Å². The Hall–Kier alpha value is -1.65. The number of anilines is 1. The number of nitrogen functional groups attached to an aromatic ring is 1. The lowest BCUT2D eigenvalue weighted by atomic mass is 9.90. The highest BCUT2D eigenvalue weighted by Gasteiger charge is 2.19. The average Bonchev–Trinajstić information content (AvgIpc) is 2.46. The van der Waals surface area contributed by atoms with Crippen LogP contribution in [0.25, 0.3) is 21.7 Å².